The van der Waals surface area contributed by atoms with Gasteiger partial charge in [-0.3, -0.25) is 0 Å². The Bertz CT molecular complexity index is 122. The molecule has 1 N–H and O–H groups in total. The Kier molecular flexibility index (Phi) is 4.84. The minimum Gasteiger partial charge on any atom is -0.395 e. The molecular weight excluding hydrogens is 188 g/mol. The first-order valence-corrected chi connectivity index (χ1v) is 7.06. The van der Waals surface area contributed by atoms with Crippen LogP contribution in [-0.2, 0) is 0 Å². The zero-order chi connectivity index (χ0) is 8.86. The molecule has 1 saturated carbocycles. The molecule has 0 saturated heterocycles. The monoisotopic (exact) mass is 206 g/mol. The summed E-state index contributed by atoms with van der Waals surface area (Å²) in [6.45, 7) is 2.57. The van der Waals surface area contributed by atoms with E-state index >= 15 is 0 Å². The SMILES string of the molecule is CCCSSC1(CO)CCCC1. The summed E-state index contributed by atoms with van der Waals surface area (Å²) < 4.78 is 0.222. The lowest BCUT2D eigenvalue weighted by Crippen LogP contribution is -2.23. The zero-order valence-corrected chi connectivity index (χ0v) is 9.35. The molecule has 1 rings (SSSR count). The van der Waals surface area contributed by atoms with Gasteiger partial charge in [-0.25, -0.2) is 0 Å². The van der Waals surface area contributed by atoms with Crippen molar-refractivity contribution in [3.63, 3.8) is 0 Å². The Hall–Kier alpha value is 0.660. The Morgan fingerprint density at radius 1 is 1.33 bits per heavy atom. The summed E-state index contributed by atoms with van der Waals surface area (Å²) >= 11 is 0. The molecule has 0 amide bonds. The van der Waals surface area contributed by atoms with E-state index in [1.165, 1.54) is 37.9 Å². The molecule has 72 valence electrons. The Balaban J connectivity index is 2.24. The van der Waals surface area contributed by atoms with Crippen LogP contribution in [0.1, 0.15) is 39.0 Å². The molecule has 0 aromatic carbocycles. The van der Waals surface area contributed by atoms with Crippen LogP contribution in [0.2, 0.25) is 0 Å². The van der Waals surface area contributed by atoms with Crippen LogP contribution in [0.4, 0.5) is 0 Å². The van der Waals surface area contributed by atoms with Crippen LogP contribution in [0.3, 0.4) is 0 Å². The Morgan fingerprint density at radius 2 is 2.00 bits per heavy atom. The van der Waals surface area contributed by atoms with Crippen LogP contribution < -0.4 is 0 Å². The molecule has 0 atom stereocenters. The Labute approximate surface area is 83.1 Å². The lowest BCUT2D eigenvalue weighted by Gasteiger charge is -2.24. The van der Waals surface area contributed by atoms with Crippen LogP contribution in [0.5, 0.6) is 0 Å². The fraction of sp³-hybridized carbons (Fsp3) is 1.00. The first kappa shape index (κ1) is 10.7. The summed E-state index contributed by atoms with van der Waals surface area (Å²) in [6, 6.07) is 0. The van der Waals surface area contributed by atoms with Crippen LogP contribution >= 0.6 is 21.6 Å². The van der Waals surface area contributed by atoms with E-state index in [1.54, 1.807) is 0 Å². The van der Waals surface area contributed by atoms with E-state index in [9.17, 15) is 5.11 Å². The second-order valence-electron chi connectivity index (χ2n) is 3.45. The number of hydrogen-bond acceptors (Lipinski definition) is 3. The maximum Gasteiger partial charge on any atom is 0.0586 e. The van der Waals surface area contributed by atoms with E-state index in [0.29, 0.717) is 6.61 Å². The lowest BCUT2D eigenvalue weighted by molar-refractivity contribution is 0.250. The van der Waals surface area contributed by atoms with Crippen molar-refractivity contribution >= 4 is 21.6 Å². The van der Waals surface area contributed by atoms with Gasteiger partial charge in [-0.2, -0.15) is 0 Å². The molecule has 0 spiro atoms. The molecule has 1 fully saturated rings. The van der Waals surface area contributed by atoms with Gasteiger partial charge in [0.1, 0.15) is 0 Å². The highest BCUT2D eigenvalue weighted by Crippen LogP contribution is 2.46. The van der Waals surface area contributed by atoms with Crippen molar-refractivity contribution in [2.75, 3.05) is 12.4 Å². The fourth-order valence-corrected chi connectivity index (χ4v) is 4.70. The molecule has 1 aliphatic rings. The smallest absolute Gasteiger partial charge is 0.0586 e. The predicted octanol–water partition coefficient (Wildman–Crippen LogP) is 3.08. The first-order valence-electron chi connectivity index (χ1n) is 4.74. The van der Waals surface area contributed by atoms with Gasteiger partial charge in [0.25, 0.3) is 0 Å². The Morgan fingerprint density at radius 3 is 2.50 bits per heavy atom. The molecule has 0 unspecified atom stereocenters. The van der Waals surface area contributed by atoms with Crippen LogP contribution in [0.25, 0.3) is 0 Å². The highest BCUT2D eigenvalue weighted by Gasteiger charge is 2.33. The number of aliphatic hydroxyl groups excluding tert-OH is 1. The molecule has 1 aliphatic carbocycles. The molecule has 0 aliphatic heterocycles. The topological polar surface area (TPSA) is 20.2 Å². The van der Waals surface area contributed by atoms with Gasteiger partial charge in [0.2, 0.25) is 0 Å². The van der Waals surface area contributed by atoms with Gasteiger partial charge in [0.05, 0.1) is 6.61 Å². The second-order valence-corrected chi connectivity index (χ2v) is 6.34. The summed E-state index contributed by atoms with van der Waals surface area (Å²) in [4.78, 5) is 0. The third kappa shape index (κ3) is 2.86. The van der Waals surface area contributed by atoms with Crippen molar-refractivity contribution in [2.45, 2.75) is 43.8 Å². The van der Waals surface area contributed by atoms with E-state index in [0.717, 1.165) is 0 Å². The number of hydrogen-bond donors (Lipinski definition) is 1. The number of aliphatic hydroxyl groups is 1. The van der Waals surface area contributed by atoms with E-state index in [2.05, 4.69) is 6.92 Å². The zero-order valence-electron chi connectivity index (χ0n) is 7.71. The van der Waals surface area contributed by atoms with Crippen molar-refractivity contribution in [1.82, 2.24) is 0 Å². The third-order valence-electron chi connectivity index (χ3n) is 2.33. The van der Waals surface area contributed by atoms with Gasteiger partial charge in [0.15, 0.2) is 0 Å². The minimum atomic E-state index is 0.222. The summed E-state index contributed by atoms with van der Waals surface area (Å²) in [5.41, 5.74) is 0. The summed E-state index contributed by atoms with van der Waals surface area (Å²) in [6.07, 6.45) is 6.27. The molecule has 3 heteroatoms. The van der Waals surface area contributed by atoms with Gasteiger partial charge in [-0.1, -0.05) is 41.4 Å². The molecule has 0 bridgehead atoms. The van der Waals surface area contributed by atoms with Gasteiger partial charge in [-0.05, 0) is 19.3 Å². The molecule has 12 heavy (non-hydrogen) atoms. The maximum absolute atomic E-state index is 9.28. The fourth-order valence-electron chi connectivity index (χ4n) is 1.54. The normalized spacial score (nSPS) is 21.5. The largest absolute Gasteiger partial charge is 0.395 e. The van der Waals surface area contributed by atoms with Crippen molar-refractivity contribution < 1.29 is 5.11 Å². The van der Waals surface area contributed by atoms with Crippen LogP contribution in [0.15, 0.2) is 0 Å². The average molecular weight is 206 g/mol. The maximum atomic E-state index is 9.28. The molecule has 1 nitrogen and oxygen atoms in total. The molecular formula is C9H18OS2. The van der Waals surface area contributed by atoms with Crippen molar-refractivity contribution in [2.24, 2.45) is 0 Å². The van der Waals surface area contributed by atoms with E-state index < -0.39 is 0 Å². The average Bonchev–Trinajstić information content (AvgIpc) is 2.55. The highest BCUT2D eigenvalue weighted by atomic mass is 33.1. The van der Waals surface area contributed by atoms with E-state index in [1.807, 2.05) is 21.6 Å². The molecule has 0 heterocycles. The van der Waals surface area contributed by atoms with Crippen LogP contribution in [-0.4, -0.2) is 22.2 Å². The molecule has 0 aromatic rings. The van der Waals surface area contributed by atoms with Crippen molar-refractivity contribution in [3.05, 3.63) is 0 Å². The van der Waals surface area contributed by atoms with Crippen LogP contribution in [0, 0.1) is 0 Å². The van der Waals surface area contributed by atoms with Gasteiger partial charge >= 0.3 is 0 Å². The van der Waals surface area contributed by atoms with Gasteiger partial charge < -0.3 is 5.11 Å². The van der Waals surface area contributed by atoms with Crippen molar-refractivity contribution in [3.8, 4) is 0 Å². The van der Waals surface area contributed by atoms with E-state index in [-0.39, 0.29) is 4.75 Å². The third-order valence-corrected chi connectivity index (χ3v) is 5.82. The first-order chi connectivity index (χ1) is 5.83. The van der Waals surface area contributed by atoms with Gasteiger partial charge in [0, 0.05) is 10.5 Å². The number of rotatable bonds is 5. The lowest BCUT2D eigenvalue weighted by atomic mass is 10.1. The van der Waals surface area contributed by atoms with Gasteiger partial charge in [-0.15, -0.1) is 0 Å². The summed E-state index contributed by atoms with van der Waals surface area (Å²) in [5.74, 6) is 1.21. The highest BCUT2D eigenvalue weighted by molar-refractivity contribution is 8.77. The standard InChI is InChI=1S/C9H18OS2/c1-2-7-11-12-9(8-10)5-3-4-6-9/h10H,2-8H2,1H3. The van der Waals surface area contributed by atoms with Crippen molar-refractivity contribution in [1.29, 1.82) is 0 Å². The molecule has 0 radical (unpaired) electrons. The quantitative estimate of drug-likeness (QED) is 0.551. The minimum absolute atomic E-state index is 0.222. The second kappa shape index (κ2) is 5.40. The predicted molar refractivity (Wildman–Crippen MR) is 58.6 cm³/mol. The molecule has 0 aromatic heterocycles. The van der Waals surface area contributed by atoms with E-state index in [4.69, 9.17) is 0 Å². The summed E-state index contributed by atoms with van der Waals surface area (Å²) in [5, 5.41) is 9.28. The summed E-state index contributed by atoms with van der Waals surface area (Å²) in [7, 11) is 3.85.